The van der Waals surface area contributed by atoms with Crippen LogP contribution in [0.25, 0.3) is 0 Å². The summed E-state index contributed by atoms with van der Waals surface area (Å²) in [7, 11) is 0. The molecule has 1 aromatic carbocycles. The van der Waals surface area contributed by atoms with Crippen LogP contribution in [0.5, 0.6) is 0 Å². The number of halogens is 4. The van der Waals surface area contributed by atoms with Gasteiger partial charge in [0.15, 0.2) is 0 Å². The molecule has 0 unspecified atom stereocenters. The highest BCUT2D eigenvalue weighted by Crippen LogP contribution is 2.45. The summed E-state index contributed by atoms with van der Waals surface area (Å²) in [4.78, 5) is 0. The summed E-state index contributed by atoms with van der Waals surface area (Å²) in [6.45, 7) is 2.28. The van der Waals surface area contributed by atoms with Gasteiger partial charge in [0.1, 0.15) is 5.82 Å². The van der Waals surface area contributed by atoms with Gasteiger partial charge in [0.05, 0.1) is 5.56 Å². The molecule has 3 rings (SSSR count). The van der Waals surface area contributed by atoms with Gasteiger partial charge in [-0.2, -0.15) is 13.2 Å². The van der Waals surface area contributed by atoms with Crippen molar-refractivity contribution in [2.75, 3.05) is 0 Å². The molecule has 0 heterocycles. The van der Waals surface area contributed by atoms with E-state index in [4.69, 9.17) is 0 Å². The highest BCUT2D eigenvalue weighted by Gasteiger charge is 2.36. The van der Waals surface area contributed by atoms with Crippen molar-refractivity contribution in [3.8, 4) is 0 Å². The van der Waals surface area contributed by atoms with Gasteiger partial charge in [0.2, 0.25) is 0 Å². The number of unbranched alkanes of at least 4 members (excludes halogenated alkanes) is 12. The van der Waals surface area contributed by atoms with Gasteiger partial charge in [0, 0.05) is 0 Å². The molecule has 2 fully saturated rings. The van der Waals surface area contributed by atoms with E-state index in [1.165, 1.54) is 116 Å². The number of hydrogen-bond acceptors (Lipinski definition) is 0. The second-order valence-corrected chi connectivity index (χ2v) is 12.7. The van der Waals surface area contributed by atoms with E-state index < -0.39 is 17.6 Å². The third-order valence-corrected chi connectivity index (χ3v) is 9.81. The first-order valence-corrected chi connectivity index (χ1v) is 16.2. The molecule has 1 aromatic rings. The van der Waals surface area contributed by atoms with Crippen LogP contribution in [0, 0.1) is 23.6 Å². The van der Waals surface area contributed by atoms with E-state index in [0.29, 0.717) is 5.56 Å². The molecule has 0 N–H and O–H groups in total. The molecule has 0 bridgehead atoms. The van der Waals surface area contributed by atoms with Crippen LogP contribution in [-0.2, 0) is 6.18 Å². The van der Waals surface area contributed by atoms with Crippen molar-refractivity contribution in [2.24, 2.45) is 17.8 Å². The molecule has 0 atom stereocenters. The Morgan fingerprint density at radius 3 is 1.61 bits per heavy atom. The van der Waals surface area contributed by atoms with E-state index in [0.717, 1.165) is 55.6 Å². The molecule has 218 valence electrons. The Labute approximate surface area is 230 Å². The maximum Gasteiger partial charge on any atom is 0.419 e. The minimum absolute atomic E-state index is 0.139. The van der Waals surface area contributed by atoms with E-state index >= 15 is 0 Å². The lowest BCUT2D eigenvalue weighted by Crippen LogP contribution is -2.25. The maximum atomic E-state index is 13.7. The van der Waals surface area contributed by atoms with Crippen LogP contribution in [0.4, 0.5) is 17.6 Å². The van der Waals surface area contributed by atoms with Gasteiger partial charge in [-0.15, -0.1) is 0 Å². The molecule has 0 radical (unpaired) electrons. The van der Waals surface area contributed by atoms with Crippen LogP contribution in [0.2, 0.25) is 0 Å². The first-order valence-electron chi connectivity index (χ1n) is 16.2. The fraction of sp³-hybridized carbons (Fsp3) is 0.824. The lowest BCUT2D eigenvalue weighted by Gasteiger charge is -2.38. The summed E-state index contributed by atoms with van der Waals surface area (Å²) in [6, 6.07) is 3.63. The Balaban J connectivity index is 1.21. The first-order chi connectivity index (χ1) is 18.4. The summed E-state index contributed by atoms with van der Waals surface area (Å²) < 4.78 is 53.0. The van der Waals surface area contributed by atoms with Gasteiger partial charge in [0.25, 0.3) is 0 Å². The number of alkyl halides is 3. The molecule has 0 amide bonds. The van der Waals surface area contributed by atoms with Crippen molar-refractivity contribution in [3.05, 3.63) is 35.1 Å². The predicted octanol–water partition coefficient (Wildman–Crippen LogP) is 12.4. The van der Waals surface area contributed by atoms with Crippen molar-refractivity contribution in [1.29, 1.82) is 0 Å². The Morgan fingerprint density at radius 2 is 1.11 bits per heavy atom. The van der Waals surface area contributed by atoms with E-state index in [1.54, 1.807) is 6.07 Å². The van der Waals surface area contributed by atoms with Gasteiger partial charge < -0.3 is 0 Å². The summed E-state index contributed by atoms with van der Waals surface area (Å²) >= 11 is 0. The number of hydrogen-bond donors (Lipinski definition) is 0. The van der Waals surface area contributed by atoms with Crippen LogP contribution in [0.3, 0.4) is 0 Å². The van der Waals surface area contributed by atoms with Crippen LogP contribution >= 0.6 is 0 Å². The molecular weight excluding hydrogens is 484 g/mol. The SMILES string of the molecule is CCCCCCCCCCCCCCCC1CCC(C2CCC(c3ccc(F)c(C(F)(F)F)c3)CC2)CC1. The van der Waals surface area contributed by atoms with Crippen molar-refractivity contribution >= 4 is 0 Å². The molecule has 0 spiro atoms. The van der Waals surface area contributed by atoms with Crippen molar-refractivity contribution < 1.29 is 17.6 Å². The third-order valence-electron chi connectivity index (χ3n) is 9.81. The second kappa shape index (κ2) is 16.9. The standard InChI is InChI=1S/C34H54F4/c1-2-3-4-5-6-7-8-9-10-11-12-13-14-15-27-16-18-28(19-17-27)29-20-22-30(23-21-29)31-24-25-33(35)32(26-31)34(36,37)38/h24-30H,2-23H2,1H3. The Morgan fingerprint density at radius 1 is 0.632 bits per heavy atom. The molecule has 0 aliphatic heterocycles. The molecule has 4 heteroatoms. The van der Waals surface area contributed by atoms with Crippen LogP contribution in [0.15, 0.2) is 18.2 Å². The second-order valence-electron chi connectivity index (χ2n) is 12.7. The Bertz CT molecular complexity index is 754. The van der Waals surface area contributed by atoms with Gasteiger partial charge in [-0.3, -0.25) is 0 Å². The van der Waals surface area contributed by atoms with Gasteiger partial charge in [-0.25, -0.2) is 4.39 Å². The summed E-state index contributed by atoms with van der Waals surface area (Å²) in [5.41, 5.74) is -0.447. The molecular formula is C34H54F4. The lowest BCUT2D eigenvalue weighted by atomic mass is 9.68. The minimum Gasteiger partial charge on any atom is -0.206 e. The number of benzene rings is 1. The summed E-state index contributed by atoms with van der Waals surface area (Å²) in [5.74, 6) is 1.42. The Hall–Kier alpha value is -1.06. The molecule has 38 heavy (non-hydrogen) atoms. The lowest BCUT2D eigenvalue weighted by molar-refractivity contribution is -0.140. The average Bonchev–Trinajstić information content (AvgIpc) is 2.91. The zero-order chi connectivity index (χ0) is 27.2. The Kier molecular flexibility index (Phi) is 14.0. The monoisotopic (exact) mass is 538 g/mol. The third kappa shape index (κ3) is 10.8. The zero-order valence-corrected chi connectivity index (χ0v) is 24.1. The van der Waals surface area contributed by atoms with Crippen LogP contribution < -0.4 is 0 Å². The van der Waals surface area contributed by atoms with E-state index in [1.807, 2.05) is 0 Å². The largest absolute Gasteiger partial charge is 0.419 e. The molecule has 2 saturated carbocycles. The maximum absolute atomic E-state index is 13.7. The highest BCUT2D eigenvalue weighted by atomic mass is 19.4. The van der Waals surface area contributed by atoms with Crippen molar-refractivity contribution in [1.82, 2.24) is 0 Å². The van der Waals surface area contributed by atoms with Gasteiger partial charge in [-0.05, 0) is 79.9 Å². The summed E-state index contributed by atoms with van der Waals surface area (Å²) in [5, 5.41) is 0. The quantitative estimate of drug-likeness (QED) is 0.145. The normalized spacial score (nSPS) is 24.6. The topological polar surface area (TPSA) is 0 Å². The highest BCUT2D eigenvalue weighted by molar-refractivity contribution is 5.30. The van der Waals surface area contributed by atoms with Gasteiger partial charge in [-0.1, -0.05) is 116 Å². The zero-order valence-electron chi connectivity index (χ0n) is 24.1. The van der Waals surface area contributed by atoms with Crippen LogP contribution in [0.1, 0.15) is 165 Å². The molecule has 2 aliphatic carbocycles. The van der Waals surface area contributed by atoms with Gasteiger partial charge >= 0.3 is 6.18 Å². The average molecular weight is 539 g/mol. The minimum atomic E-state index is -4.62. The van der Waals surface area contributed by atoms with Crippen LogP contribution in [-0.4, -0.2) is 0 Å². The van der Waals surface area contributed by atoms with E-state index in [9.17, 15) is 17.6 Å². The van der Waals surface area contributed by atoms with E-state index in [2.05, 4.69) is 6.92 Å². The molecule has 0 aromatic heterocycles. The van der Waals surface area contributed by atoms with Crippen molar-refractivity contribution in [2.45, 2.75) is 160 Å². The summed E-state index contributed by atoms with van der Waals surface area (Å²) in [6.07, 6.45) is 24.7. The fourth-order valence-electron chi connectivity index (χ4n) is 7.34. The van der Waals surface area contributed by atoms with E-state index in [-0.39, 0.29) is 5.92 Å². The fourth-order valence-corrected chi connectivity index (χ4v) is 7.34. The molecule has 0 nitrogen and oxygen atoms in total. The molecule has 0 saturated heterocycles. The smallest absolute Gasteiger partial charge is 0.206 e. The van der Waals surface area contributed by atoms with Crippen molar-refractivity contribution in [3.63, 3.8) is 0 Å². The first kappa shape index (κ1) is 31.5. The molecule has 2 aliphatic rings. The number of rotatable bonds is 16. The predicted molar refractivity (Wildman–Crippen MR) is 152 cm³/mol.